The third-order valence-corrected chi connectivity index (χ3v) is 1.84. The molecule has 62 valence electrons. The average molecular weight is 153 g/mol. The largest absolute Gasteiger partial charge is 0.493 e. The Morgan fingerprint density at radius 3 is 2.73 bits per heavy atom. The first kappa shape index (κ1) is 8.31. The molecule has 0 saturated carbocycles. The van der Waals surface area contributed by atoms with E-state index < -0.39 is 0 Å². The number of ether oxygens (including phenoxy) is 1. The van der Waals surface area contributed by atoms with Crippen molar-refractivity contribution in [3.8, 4) is 0 Å². The lowest BCUT2D eigenvalue weighted by Gasteiger charge is -2.15. The summed E-state index contributed by atoms with van der Waals surface area (Å²) in [4.78, 5) is 4.04. The SMILES string of the molecule is CCC(CC)OC1=CC=NC1. The van der Waals surface area contributed by atoms with Gasteiger partial charge in [-0.2, -0.15) is 0 Å². The molecule has 0 aromatic carbocycles. The Labute approximate surface area is 68.0 Å². The molecule has 0 aliphatic carbocycles. The first-order valence-electron chi connectivity index (χ1n) is 4.22. The second-order valence-electron chi connectivity index (χ2n) is 2.68. The molecule has 0 bridgehead atoms. The van der Waals surface area contributed by atoms with Gasteiger partial charge in [0.15, 0.2) is 0 Å². The fraction of sp³-hybridized carbons (Fsp3) is 0.667. The van der Waals surface area contributed by atoms with Crippen molar-refractivity contribution >= 4 is 6.21 Å². The van der Waals surface area contributed by atoms with Crippen LogP contribution in [-0.2, 0) is 4.74 Å². The first-order chi connectivity index (χ1) is 5.36. The number of rotatable bonds is 4. The average Bonchev–Trinajstić information content (AvgIpc) is 2.52. The third-order valence-electron chi connectivity index (χ3n) is 1.84. The van der Waals surface area contributed by atoms with Crippen LogP contribution in [0.3, 0.4) is 0 Å². The molecule has 0 N–H and O–H groups in total. The van der Waals surface area contributed by atoms with Crippen molar-refractivity contribution in [1.29, 1.82) is 0 Å². The Morgan fingerprint density at radius 1 is 1.55 bits per heavy atom. The maximum absolute atomic E-state index is 5.65. The molecule has 0 radical (unpaired) electrons. The van der Waals surface area contributed by atoms with Crippen molar-refractivity contribution in [3.63, 3.8) is 0 Å². The topological polar surface area (TPSA) is 21.6 Å². The van der Waals surface area contributed by atoms with Crippen LogP contribution >= 0.6 is 0 Å². The molecule has 0 saturated heterocycles. The molecule has 0 fully saturated rings. The number of allylic oxidation sites excluding steroid dienone is 1. The molecule has 1 aliphatic heterocycles. The zero-order chi connectivity index (χ0) is 8.10. The van der Waals surface area contributed by atoms with Crippen molar-refractivity contribution in [2.24, 2.45) is 4.99 Å². The number of hydrogen-bond donors (Lipinski definition) is 0. The van der Waals surface area contributed by atoms with Gasteiger partial charge in [0.2, 0.25) is 0 Å². The van der Waals surface area contributed by atoms with E-state index in [4.69, 9.17) is 4.74 Å². The lowest BCUT2D eigenvalue weighted by atomic mass is 10.2. The Hall–Kier alpha value is -0.790. The standard InChI is InChI=1S/C9H15NO/c1-3-8(4-2)11-9-5-6-10-7-9/h5-6,8H,3-4,7H2,1-2H3. The highest BCUT2D eigenvalue weighted by Gasteiger charge is 2.07. The van der Waals surface area contributed by atoms with E-state index in [9.17, 15) is 0 Å². The highest BCUT2D eigenvalue weighted by molar-refractivity contribution is 5.74. The number of aliphatic imine (C=N–C) groups is 1. The van der Waals surface area contributed by atoms with Gasteiger partial charge >= 0.3 is 0 Å². The van der Waals surface area contributed by atoms with Gasteiger partial charge in [-0.1, -0.05) is 13.8 Å². The minimum Gasteiger partial charge on any atom is -0.493 e. The zero-order valence-corrected chi connectivity index (χ0v) is 7.21. The Bertz CT molecular complexity index is 168. The summed E-state index contributed by atoms with van der Waals surface area (Å²) in [6.45, 7) is 5.02. The monoisotopic (exact) mass is 153 g/mol. The van der Waals surface area contributed by atoms with Crippen LogP contribution in [0, 0.1) is 0 Å². The summed E-state index contributed by atoms with van der Waals surface area (Å²) in [6.07, 6.45) is 6.28. The van der Waals surface area contributed by atoms with E-state index >= 15 is 0 Å². The molecule has 0 spiro atoms. The molecule has 1 heterocycles. The van der Waals surface area contributed by atoms with Gasteiger partial charge in [-0.3, -0.25) is 4.99 Å². The molecule has 1 aliphatic rings. The lowest BCUT2D eigenvalue weighted by molar-refractivity contribution is 0.109. The summed E-state index contributed by atoms with van der Waals surface area (Å²) in [5.41, 5.74) is 0. The third kappa shape index (κ3) is 2.37. The Balaban J connectivity index is 2.29. The van der Waals surface area contributed by atoms with Crippen LogP contribution < -0.4 is 0 Å². The molecule has 1 rings (SSSR count). The second kappa shape index (κ2) is 4.16. The lowest BCUT2D eigenvalue weighted by Crippen LogP contribution is -2.10. The Morgan fingerprint density at radius 2 is 2.27 bits per heavy atom. The summed E-state index contributed by atoms with van der Waals surface area (Å²) >= 11 is 0. The van der Waals surface area contributed by atoms with Crippen LogP contribution in [0.15, 0.2) is 16.8 Å². The van der Waals surface area contributed by atoms with E-state index in [-0.39, 0.29) is 0 Å². The first-order valence-corrected chi connectivity index (χ1v) is 4.22. The van der Waals surface area contributed by atoms with Gasteiger partial charge < -0.3 is 4.74 Å². The summed E-state index contributed by atoms with van der Waals surface area (Å²) in [6, 6.07) is 0. The van der Waals surface area contributed by atoms with Crippen LogP contribution in [0.25, 0.3) is 0 Å². The molecule has 2 nitrogen and oxygen atoms in total. The van der Waals surface area contributed by atoms with Crippen molar-refractivity contribution in [2.75, 3.05) is 6.54 Å². The summed E-state index contributed by atoms with van der Waals surface area (Å²) in [7, 11) is 0. The second-order valence-corrected chi connectivity index (χ2v) is 2.68. The van der Waals surface area contributed by atoms with E-state index in [1.165, 1.54) is 0 Å². The summed E-state index contributed by atoms with van der Waals surface area (Å²) in [5, 5.41) is 0. The van der Waals surface area contributed by atoms with Crippen LogP contribution in [0.4, 0.5) is 0 Å². The van der Waals surface area contributed by atoms with Gasteiger partial charge in [0.25, 0.3) is 0 Å². The van der Waals surface area contributed by atoms with Crippen molar-refractivity contribution in [3.05, 3.63) is 11.8 Å². The molecular weight excluding hydrogens is 138 g/mol. The molecule has 2 heteroatoms. The van der Waals surface area contributed by atoms with Crippen LogP contribution in [0.2, 0.25) is 0 Å². The fourth-order valence-corrected chi connectivity index (χ4v) is 1.08. The summed E-state index contributed by atoms with van der Waals surface area (Å²) < 4.78 is 5.65. The maximum Gasteiger partial charge on any atom is 0.119 e. The van der Waals surface area contributed by atoms with Crippen molar-refractivity contribution in [2.45, 2.75) is 32.8 Å². The maximum atomic E-state index is 5.65. The zero-order valence-electron chi connectivity index (χ0n) is 7.21. The summed E-state index contributed by atoms with van der Waals surface area (Å²) in [5.74, 6) is 1.01. The fourth-order valence-electron chi connectivity index (χ4n) is 1.08. The van der Waals surface area contributed by atoms with Crippen LogP contribution in [0.1, 0.15) is 26.7 Å². The Kier molecular flexibility index (Phi) is 3.14. The molecule has 0 unspecified atom stereocenters. The number of nitrogens with zero attached hydrogens (tertiary/aromatic N) is 1. The minimum atomic E-state index is 0.378. The van der Waals surface area contributed by atoms with Gasteiger partial charge in [0.1, 0.15) is 5.76 Å². The molecule has 11 heavy (non-hydrogen) atoms. The molecule has 0 aromatic heterocycles. The molecule has 0 aromatic rings. The van der Waals surface area contributed by atoms with E-state index in [1.807, 2.05) is 6.08 Å². The van der Waals surface area contributed by atoms with Gasteiger partial charge in [0.05, 0.1) is 12.6 Å². The van der Waals surface area contributed by atoms with Gasteiger partial charge in [-0.15, -0.1) is 0 Å². The predicted octanol–water partition coefficient (Wildman–Crippen LogP) is 2.16. The van der Waals surface area contributed by atoms with Crippen LogP contribution in [0.5, 0.6) is 0 Å². The highest BCUT2D eigenvalue weighted by atomic mass is 16.5. The molecular formula is C9H15NO. The predicted molar refractivity (Wildman–Crippen MR) is 46.9 cm³/mol. The number of hydrogen-bond acceptors (Lipinski definition) is 2. The van der Waals surface area contributed by atoms with Crippen molar-refractivity contribution < 1.29 is 4.74 Å². The normalized spacial score (nSPS) is 15.7. The van der Waals surface area contributed by atoms with E-state index in [2.05, 4.69) is 18.8 Å². The van der Waals surface area contributed by atoms with Crippen molar-refractivity contribution in [1.82, 2.24) is 0 Å². The van der Waals surface area contributed by atoms with Gasteiger partial charge in [0, 0.05) is 6.21 Å². The van der Waals surface area contributed by atoms with Gasteiger partial charge in [-0.05, 0) is 18.9 Å². The quantitative estimate of drug-likeness (QED) is 0.606. The van der Waals surface area contributed by atoms with E-state index in [1.54, 1.807) is 6.21 Å². The van der Waals surface area contributed by atoms with E-state index in [0.29, 0.717) is 6.10 Å². The molecule has 0 atom stereocenters. The van der Waals surface area contributed by atoms with Crippen LogP contribution in [-0.4, -0.2) is 18.9 Å². The van der Waals surface area contributed by atoms with Gasteiger partial charge in [-0.25, -0.2) is 0 Å². The molecule has 0 amide bonds. The minimum absolute atomic E-state index is 0.378. The highest BCUT2D eigenvalue weighted by Crippen LogP contribution is 2.11. The smallest absolute Gasteiger partial charge is 0.119 e. The van der Waals surface area contributed by atoms with E-state index in [0.717, 1.165) is 25.1 Å².